The van der Waals surface area contributed by atoms with Crippen LogP contribution < -0.4 is 14.8 Å². The van der Waals surface area contributed by atoms with E-state index in [0.717, 1.165) is 37.8 Å². The van der Waals surface area contributed by atoms with Crippen LogP contribution in [0.2, 0.25) is 5.02 Å². The first-order chi connectivity index (χ1) is 11.0. The summed E-state index contributed by atoms with van der Waals surface area (Å²) >= 11 is 8.35. The Bertz CT molecular complexity index is 676. The lowest BCUT2D eigenvalue weighted by atomic mass is 10.1. The minimum atomic E-state index is 0.686. The molecule has 2 aromatic rings. The number of ether oxygens (including phenoxy) is 2. The second-order valence-corrected chi connectivity index (χ2v) is 6.87. The summed E-state index contributed by atoms with van der Waals surface area (Å²) < 4.78 is 12.3. The normalized spacial score (nSPS) is 10.5. The molecule has 0 saturated carbocycles. The van der Waals surface area contributed by atoms with E-state index in [9.17, 15) is 0 Å². The van der Waals surface area contributed by atoms with Gasteiger partial charge in [-0.3, -0.25) is 0 Å². The molecule has 2 aromatic carbocycles. The van der Waals surface area contributed by atoms with Crippen molar-refractivity contribution >= 4 is 39.9 Å². The third-order valence-electron chi connectivity index (χ3n) is 3.42. The van der Waals surface area contributed by atoms with Gasteiger partial charge in [0.1, 0.15) is 0 Å². The van der Waals surface area contributed by atoms with Crippen molar-refractivity contribution in [1.29, 1.82) is 0 Å². The third-order valence-corrected chi connectivity index (χ3v) is 4.46. The summed E-state index contributed by atoms with van der Waals surface area (Å²) in [4.78, 5) is 0. The summed E-state index contributed by atoms with van der Waals surface area (Å²) in [6.07, 6.45) is 0.969. The smallest absolute Gasteiger partial charge is 0.174 e. The van der Waals surface area contributed by atoms with Gasteiger partial charge in [-0.25, -0.2) is 0 Å². The number of benzene rings is 2. The van der Waals surface area contributed by atoms with Crippen molar-refractivity contribution in [2.75, 3.05) is 19.0 Å². The van der Waals surface area contributed by atoms with Gasteiger partial charge in [0.25, 0.3) is 0 Å². The van der Waals surface area contributed by atoms with E-state index in [0.29, 0.717) is 13.2 Å². The van der Waals surface area contributed by atoms with Crippen LogP contribution in [-0.2, 0) is 6.54 Å². The molecule has 0 aliphatic carbocycles. The molecule has 0 spiro atoms. The summed E-state index contributed by atoms with van der Waals surface area (Å²) in [5.74, 6) is 1.59. The fourth-order valence-electron chi connectivity index (χ4n) is 2.20. The first kappa shape index (κ1) is 18.2. The second kappa shape index (κ2) is 8.64. The highest BCUT2D eigenvalue weighted by Gasteiger charge is 2.11. The van der Waals surface area contributed by atoms with Crippen LogP contribution in [0.5, 0.6) is 11.5 Å². The number of rotatable bonds is 7. The topological polar surface area (TPSA) is 30.5 Å². The molecule has 0 aromatic heterocycles. The van der Waals surface area contributed by atoms with Crippen molar-refractivity contribution < 1.29 is 9.47 Å². The SMILES string of the molecule is CCCOc1c(I)cc(CNc2cc(Cl)ccc2C)cc1OC. The average Bonchev–Trinajstić information content (AvgIpc) is 2.54. The lowest BCUT2D eigenvalue weighted by Gasteiger charge is -2.15. The lowest BCUT2D eigenvalue weighted by molar-refractivity contribution is 0.292. The van der Waals surface area contributed by atoms with Crippen LogP contribution in [0, 0.1) is 10.5 Å². The molecule has 0 fully saturated rings. The Hall–Kier alpha value is -1.14. The van der Waals surface area contributed by atoms with E-state index in [1.165, 1.54) is 5.56 Å². The van der Waals surface area contributed by atoms with E-state index in [-0.39, 0.29) is 0 Å². The lowest BCUT2D eigenvalue weighted by Crippen LogP contribution is -2.04. The van der Waals surface area contributed by atoms with Crippen LogP contribution in [0.3, 0.4) is 0 Å². The van der Waals surface area contributed by atoms with E-state index < -0.39 is 0 Å². The van der Waals surface area contributed by atoms with Gasteiger partial charge in [0.05, 0.1) is 17.3 Å². The highest BCUT2D eigenvalue weighted by molar-refractivity contribution is 14.1. The Labute approximate surface area is 156 Å². The third kappa shape index (κ3) is 4.91. The maximum atomic E-state index is 6.06. The van der Waals surface area contributed by atoms with Crippen LogP contribution in [0.15, 0.2) is 30.3 Å². The molecule has 2 rings (SSSR count). The maximum Gasteiger partial charge on any atom is 0.174 e. The molecule has 0 heterocycles. The molecule has 0 amide bonds. The number of hydrogen-bond acceptors (Lipinski definition) is 3. The zero-order valence-electron chi connectivity index (χ0n) is 13.6. The van der Waals surface area contributed by atoms with Gasteiger partial charge < -0.3 is 14.8 Å². The summed E-state index contributed by atoms with van der Waals surface area (Å²) in [5.41, 5.74) is 3.34. The van der Waals surface area contributed by atoms with Gasteiger partial charge in [0, 0.05) is 17.3 Å². The van der Waals surface area contributed by atoms with Crippen molar-refractivity contribution in [2.45, 2.75) is 26.8 Å². The molecule has 0 unspecified atom stereocenters. The number of halogens is 2. The number of anilines is 1. The molecule has 5 heteroatoms. The molecular weight excluding hydrogens is 425 g/mol. The molecule has 0 aliphatic rings. The first-order valence-corrected chi connectivity index (χ1v) is 9.00. The van der Waals surface area contributed by atoms with Gasteiger partial charge in [-0.15, -0.1) is 0 Å². The van der Waals surface area contributed by atoms with E-state index in [2.05, 4.69) is 47.8 Å². The Morgan fingerprint density at radius 1 is 1.22 bits per heavy atom. The Morgan fingerprint density at radius 3 is 2.70 bits per heavy atom. The van der Waals surface area contributed by atoms with Gasteiger partial charge in [0.2, 0.25) is 0 Å². The average molecular weight is 446 g/mol. The predicted molar refractivity (Wildman–Crippen MR) is 105 cm³/mol. The van der Waals surface area contributed by atoms with Gasteiger partial charge in [-0.1, -0.05) is 24.6 Å². The number of nitrogens with one attached hydrogen (secondary N) is 1. The number of hydrogen-bond donors (Lipinski definition) is 1. The molecule has 0 radical (unpaired) electrons. The van der Waals surface area contributed by atoms with Crippen LogP contribution in [0.1, 0.15) is 24.5 Å². The van der Waals surface area contributed by atoms with E-state index in [4.69, 9.17) is 21.1 Å². The molecule has 0 aliphatic heterocycles. The standard InChI is InChI=1S/C18H21ClINO2/c1-4-7-23-18-15(20)8-13(9-17(18)22-3)11-21-16-10-14(19)6-5-12(16)2/h5-6,8-10,21H,4,7,11H2,1-3H3. The van der Waals surface area contributed by atoms with Gasteiger partial charge in [-0.05, 0) is 71.3 Å². The fraction of sp³-hybridized carbons (Fsp3) is 0.333. The first-order valence-electron chi connectivity index (χ1n) is 7.54. The summed E-state index contributed by atoms with van der Waals surface area (Å²) in [5, 5.41) is 4.16. The van der Waals surface area contributed by atoms with Crippen LogP contribution in [-0.4, -0.2) is 13.7 Å². The van der Waals surface area contributed by atoms with E-state index >= 15 is 0 Å². The van der Waals surface area contributed by atoms with Gasteiger partial charge >= 0.3 is 0 Å². The van der Waals surface area contributed by atoms with Crippen molar-refractivity contribution in [3.63, 3.8) is 0 Å². The molecule has 0 bridgehead atoms. The van der Waals surface area contributed by atoms with E-state index in [1.54, 1.807) is 7.11 Å². The Kier molecular flexibility index (Phi) is 6.84. The molecule has 124 valence electrons. The molecule has 1 N–H and O–H groups in total. The summed E-state index contributed by atoms with van der Waals surface area (Å²) in [7, 11) is 1.67. The van der Waals surface area contributed by atoms with Crippen LogP contribution in [0.25, 0.3) is 0 Å². The summed E-state index contributed by atoms with van der Waals surface area (Å²) in [6, 6.07) is 9.98. The maximum absolute atomic E-state index is 6.06. The van der Waals surface area contributed by atoms with Crippen molar-refractivity contribution in [1.82, 2.24) is 0 Å². The Balaban J connectivity index is 2.17. The zero-order chi connectivity index (χ0) is 16.8. The van der Waals surface area contributed by atoms with Crippen LogP contribution >= 0.6 is 34.2 Å². The van der Waals surface area contributed by atoms with E-state index in [1.807, 2.05) is 24.3 Å². The monoisotopic (exact) mass is 445 g/mol. The predicted octanol–water partition coefficient (Wildman–Crippen LogP) is 5.66. The minimum absolute atomic E-state index is 0.686. The van der Waals surface area contributed by atoms with Crippen molar-refractivity contribution in [2.24, 2.45) is 0 Å². The quantitative estimate of drug-likeness (QED) is 0.558. The molecule has 3 nitrogen and oxygen atoms in total. The van der Waals surface area contributed by atoms with Crippen LogP contribution in [0.4, 0.5) is 5.69 Å². The highest BCUT2D eigenvalue weighted by atomic mass is 127. The van der Waals surface area contributed by atoms with Gasteiger partial charge in [0.15, 0.2) is 11.5 Å². The Morgan fingerprint density at radius 2 is 2.00 bits per heavy atom. The fourth-order valence-corrected chi connectivity index (χ4v) is 3.20. The number of methoxy groups -OCH3 is 1. The highest BCUT2D eigenvalue weighted by Crippen LogP contribution is 2.34. The van der Waals surface area contributed by atoms with Crippen molar-refractivity contribution in [3.05, 3.63) is 50.1 Å². The minimum Gasteiger partial charge on any atom is -0.493 e. The largest absolute Gasteiger partial charge is 0.493 e. The van der Waals surface area contributed by atoms with Crippen molar-refractivity contribution in [3.8, 4) is 11.5 Å². The second-order valence-electron chi connectivity index (χ2n) is 5.27. The molecule has 23 heavy (non-hydrogen) atoms. The molecular formula is C18H21ClINO2. The molecule has 0 saturated heterocycles. The van der Waals surface area contributed by atoms with Gasteiger partial charge in [-0.2, -0.15) is 0 Å². The summed E-state index contributed by atoms with van der Waals surface area (Å²) in [6.45, 7) is 5.53. The zero-order valence-corrected chi connectivity index (χ0v) is 16.5. The molecule has 0 atom stereocenters. The number of aryl methyl sites for hydroxylation is 1.